The Morgan fingerprint density at radius 1 is 1.44 bits per heavy atom. The number of amides is 1. The van der Waals surface area contributed by atoms with E-state index < -0.39 is 0 Å². The fourth-order valence-electron chi connectivity index (χ4n) is 2.78. The van der Waals surface area contributed by atoms with E-state index in [-0.39, 0.29) is 12.0 Å². The molecule has 4 heteroatoms. The van der Waals surface area contributed by atoms with Gasteiger partial charge in [-0.1, -0.05) is 0 Å². The maximum atomic E-state index is 11.7. The number of carbonyl (C=O) groups excluding carboxylic acids is 1. The van der Waals surface area contributed by atoms with Gasteiger partial charge in [0.2, 0.25) is 5.91 Å². The molecule has 3 atom stereocenters. The number of hydrogen-bond acceptors (Lipinski definition) is 3. The zero-order chi connectivity index (χ0) is 11.5. The van der Waals surface area contributed by atoms with Crippen LogP contribution in [-0.4, -0.2) is 49.2 Å². The number of piperidine rings is 1. The monoisotopic (exact) mass is 226 g/mol. The Bertz CT molecular complexity index is 257. The summed E-state index contributed by atoms with van der Waals surface area (Å²) in [5.74, 6) is 0.0268. The number of methoxy groups -OCH3 is 1. The third-order valence-corrected chi connectivity index (χ3v) is 3.89. The van der Waals surface area contributed by atoms with E-state index in [1.807, 2.05) is 0 Å². The zero-order valence-corrected chi connectivity index (χ0v) is 10.2. The van der Waals surface area contributed by atoms with Crippen LogP contribution in [0, 0.1) is 0 Å². The first-order chi connectivity index (χ1) is 7.70. The first-order valence-electron chi connectivity index (χ1n) is 6.28. The van der Waals surface area contributed by atoms with E-state index in [1.165, 1.54) is 19.4 Å². The summed E-state index contributed by atoms with van der Waals surface area (Å²) in [4.78, 5) is 14.2. The van der Waals surface area contributed by atoms with Gasteiger partial charge >= 0.3 is 0 Å². The first kappa shape index (κ1) is 11.9. The number of nitrogens with zero attached hydrogens (tertiary/aromatic N) is 1. The van der Waals surface area contributed by atoms with Crippen LogP contribution in [0.3, 0.4) is 0 Å². The second-order valence-electron chi connectivity index (χ2n) is 4.94. The molecule has 0 radical (unpaired) electrons. The van der Waals surface area contributed by atoms with Gasteiger partial charge in [0.15, 0.2) is 0 Å². The minimum atomic E-state index is -0.332. The summed E-state index contributed by atoms with van der Waals surface area (Å²) in [6.07, 6.45) is 4.48. The van der Waals surface area contributed by atoms with Gasteiger partial charge in [-0.05, 0) is 39.2 Å². The van der Waals surface area contributed by atoms with E-state index in [4.69, 9.17) is 4.74 Å². The Morgan fingerprint density at radius 2 is 2.25 bits per heavy atom. The predicted molar refractivity (Wildman–Crippen MR) is 62.2 cm³/mol. The molecule has 0 aliphatic carbocycles. The largest absolute Gasteiger partial charge is 0.372 e. The van der Waals surface area contributed by atoms with Crippen LogP contribution >= 0.6 is 0 Å². The molecule has 4 nitrogen and oxygen atoms in total. The van der Waals surface area contributed by atoms with Crippen LogP contribution in [0.25, 0.3) is 0 Å². The van der Waals surface area contributed by atoms with E-state index in [1.54, 1.807) is 14.0 Å². The lowest BCUT2D eigenvalue weighted by molar-refractivity contribution is -0.131. The number of ether oxygens (including phenoxy) is 1. The fourth-order valence-corrected chi connectivity index (χ4v) is 2.78. The summed E-state index contributed by atoms with van der Waals surface area (Å²) in [5, 5.41) is 3.09. The van der Waals surface area contributed by atoms with Crippen molar-refractivity contribution in [2.75, 3.05) is 20.2 Å². The maximum absolute atomic E-state index is 11.7. The summed E-state index contributed by atoms with van der Waals surface area (Å²) >= 11 is 0. The minimum Gasteiger partial charge on any atom is -0.372 e. The summed E-state index contributed by atoms with van der Waals surface area (Å²) in [7, 11) is 1.57. The Balaban J connectivity index is 1.81. The fraction of sp³-hybridized carbons (Fsp3) is 0.917. The lowest BCUT2D eigenvalue weighted by atomic mass is 9.97. The molecule has 1 amide bonds. The molecule has 2 fully saturated rings. The molecule has 2 aliphatic heterocycles. The van der Waals surface area contributed by atoms with E-state index in [0.29, 0.717) is 12.1 Å². The van der Waals surface area contributed by atoms with Crippen molar-refractivity contribution in [2.45, 2.75) is 50.8 Å². The van der Waals surface area contributed by atoms with Crippen molar-refractivity contribution in [1.29, 1.82) is 0 Å². The smallest absolute Gasteiger partial charge is 0.249 e. The van der Waals surface area contributed by atoms with Crippen molar-refractivity contribution >= 4 is 5.91 Å². The lowest BCUT2D eigenvalue weighted by Crippen LogP contribution is -2.49. The maximum Gasteiger partial charge on any atom is 0.249 e. The number of fused-ring (bicyclic) bond motifs is 1. The number of nitrogens with one attached hydrogen (secondary N) is 1. The summed E-state index contributed by atoms with van der Waals surface area (Å²) in [5.41, 5.74) is 0. The SMILES string of the molecule is COC(C)C(=O)NC1CCN2CCCC2C1. The van der Waals surface area contributed by atoms with Gasteiger partial charge in [0.25, 0.3) is 0 Å². The third kappa shape index (κ3) is 2.55. The molecule has 0 aromatic rings. The number of rotatable bonds is 3. The molecule has 2 saturated heterocycles. The van der Waals surface area contributed by atoms with Crippen molar-refractivity contribution in [3.05, 3.63) is 0 Å². The molecule has 0 aromatic carbocycles. The molecular formula is C12H22N2O2. The van der Waals surface area contributed by atoms with Gasteiger partial charge in [-0.25, -0.2) is 0 Å². The van der Waals surface area contributed by atoms with Crippen LogP contribution in [-0.2, 0) is 9.53 Å². The van der Waals surface area contributed by atoms with Crippen LogP contribution < -0.4 is 5.32 Å². The number of carbonyl (C=O) groups is 1. The molecule has 0 bridgehead atoms. The molecule has 2 rings (SSSR count). The van der Waals surface area contributed by atoms with Gasteiger partial charge in [0.05, 0.1) is 0 Å². The van der Waals surface area contributed by atoms with E-state index in [9.17, 15) is 4.79 Å². The van der Waals surface area contributed by atoms with Gasteiger partial charge in [-0.2, -0.15) is 0 Å². The summed E-state index contributed by atoms with van der Waals surface area (Å²) in [6.45, 7) is 4.18. The second kappa shape index (κ2) is 5.15. The highest BCUT2D eigenvalue weighted by molar-refractivity contribution is 5.80. The average Bonchev–Trinajstić information content (AvgIpc) is 2.75. The van der Waals surface area contributed by atoms with Crippen molar-refractivity contribution in [2.24, 2.45) is 0 Å². The van der Waals surface area contributed by atoms with Crippen LogP contribution in [0.2, 0.25) is 0 Å². The lowest BCUT2D eigenvalue weighted by Gasteiger charge is -2.35. The molecule has 92 valence electrons. The Labute approximate surface area is 97.3 Å². The van der Waals surface area contributed by atoms with Crippen LogP contribution in [0.15, 0.2) is 0 Å². The topological polar surface area (TPSA) is 41.6 Å². The first-order valence-corrected chi connectivity index (χ1v) is 6.28. The highest BCUT2D eigenvalue weighted by Crippen LogP contribution is 2.26. The molecule has 16 heavy (non-hydrogen) atoms. The molecule has 2 heterocycles. The molecule has 3 unspecified atom stereocenters. The standard InChI is InChI=1S/C12H22N2O2/c1-9(16-2)12(15)13-10-5-7-14-6-3-4-11(14)8-10/h9-11H,3-8H2,1-2H3,(H,13,15). The van der Waals surface area contributed by atoms with Crippen molar-refractivity contribution in [1.82, 2.24) is 10.2 Å². The van der Waals surface area contributed by atoms with Crippen LogP contribution in [0.5, 0.6) is 0 Å². The minimum absolute atomic E-state index is 0.0268. The quantitative estimate of drug-likeness (QED) is 0.772. The van der Waals surface area contributed by atoms with Gasteiger partial charge < -0.3 is 15.0 Å². The summed E-state index contributed by atoms with van der Waals surface area (Å²) in [6, 6.07) is 1.06. The Hall–Kier alpha value is -0.610. The van der Waals surface area contributed by atoms with E-state index in [0.717, 1.165) is 19.4 Å². The van der Waals surface area contributed by atoms with Gasteiger partial charge in [0.1, 0.15) is 6.10 Å². The zero-order valence-electron chi connectivity index (χ0n) is 10.2. The molecule has 0 saturated carbocycles. The Kier molecular flexibility index (Phi) is 3.82. The molecule has 0 aromatic heterocycles. The average molecular weight is 226 g/mol. The number of hydrogen-bond donors (Lipinski definition) is 1. The van der Waals surface area contributed by atoms with Crippen LogP contribution in [0.4, 0.5) is 0 Å². The van der Waals surface area contributed by atoms with Gasteiger partial charge in [0, 0.05) is 25.7 Å². The van der Waals surface area contributed by atoms with Crippen LogP contribution in [0.1, 0.15) is 32.6 Å². The van der Waals surface area contributed by atoms with E-state index in [2.05, 4.69) is 10.2 Å². The Morgan fingerprint density at radius 3 is 3.00 bits per heavy atom. The van der Waals surface area contributed by atoms with Crippen molar-refractivity contribution < 1.29 is 9.53 Å². The molecule has 0 spiro atoms. The van der Waals surface area contributed by atoms with Crippen molar-refractivity contribution in [3.63, 3.8) is 0 Å². The third-order valence-electron chi connectivity index (χ3n) is 3.89. The van der Waals surface area contributed by atoms with E-state index >= 15 is 0 Å². The second-order valence-corrected chi connectivity index (χ2v) is 4.94. The summed E-state index contributed by atoms with van der Waals surface area (Å²) < 4.78 is 5.02. The normalized spacial score (nSPS) is 32.1. The highest BCUT2D eigenvalue weighted by atomic mass is 16.5. The van der Waals surface area contributed by atoms with Gasteiger partial charge in [-0.3, -0.25) is 4.79 Å². The highest BCUT2D eigenvalue weighted by Gasteiger charge is 2.32. The molecular weight excluding hydrogens is 204 g/mol. The molecule has 1 N–H and O–H groups in total. The van der Waals surface area contributed by atoms with Crippen molar-refractivity contribution in [3.8, 4) is 0 Å². The van der Waals surface area contributed by atoms with Gasteiger partial charge in [-0.15, -0.1) is 0 Å². The molecule has 2 aliphatic rings. The predicted octanol–water partition coefficient (Wildman–Crippen LogP) is 0.764.